The predicted molar refractivity (Wildman–Crippen MR) is 62.2 cm³/mol. The highest BCUT2D eigenvalue weighted by molar-refractivity contribution is 5.07. The van der Waals surface area contributed by atoms with Crippen molar-refractivity contribution < 1.29 is 4.74 Å². The highest BCUT2D eigenvalue weighted by Gasteiger charge is 2.16. The number of rotatable bonds is 2. The van der Waals surface area contributed by atoms with Crippen LogP contribution in [0.15, 0.2) is 12.3 Å². The second-order valence-electron chi connectivity index (χ2n) is 6.12. The Morgan fingerprint density at radius 3 is 2.20 bits per heavy atom. The number of hydrogen-bond donors (Lipinski definition) is 0. The Kier molecular flexibility index (Phi) is 3.12. The molecule has 0 spiro atoms. The van der Waals surface area contributed by atoms with Crippen LogP contribution in [0.5, 0.6) is 5.88 Å². The molecule has 0 N–H and O–H groups in total. The van der Waals surface area contributed by atoms with Gasteiger partial charge < -0.3 is 4.74 Å². The minimum Gasteiger partial charge on any atom is -0.476 e. The second kappa shape index (κ2) is 3.87. The van der Waals surface area contributed by atoms with Gasteiger partial charge in [-0.1, -0.05) is 20.8 Å². The van der Waals surface area contributed by atoms with Crippen molar-refractivity contribution in [1.29, 1.82) is 0 Å². The van der Waals surface area contributed by atoms with E-state index in [0.717, 1.165) is 0 Å². The van der Waals surface area contributed by atoms with Crippen molar-refractivity contribution in [1.82, 2.24) is 9.78 Å². The van der Waals surface area contributed by atoms with E-state index in [2.05, 4.69) is 46.6 Å². The summed E-state index contributed by atoms with van der Waals surface area (Å²) in [5.41, 5.74) is 0.189. The van der Waals surface area contributed by atoms with E-state index in [1.807, 2.05) is 16.9 Å². The van der Waals surface area contributed by atoms with Gasteiger partial charge in [-0.25, -0.2) is 0 Å². The molecular weight excluding hydrogens is 188 g/mol. The van der Waals surface area contributed by atoms with Crippen LogP contribution in [0, 0.1) is 5.41 Å². The molecule has 3 heteroatoms. The summed E-state index contributed by atoms with van der Waals surface area (Å²) in [6.07, 6.45) is 1.96. The van der Waals surface area contributed by atoms with Gasteiger partial charge >= 0.3 is 0 Å². The summed E-state index contributed by atoms with van der Waals surface area (Å²) in [7, 11) is 0. The number of hydrogen-bond acceptors (Lipinski definition) is 2. The van der Waals surface area contributed by atoms with E-state index in [0.29, 0.717) is 12.5 Å². The molecule has 1 aromatic heterocycles. The normalized spacial score (nSPS) is 12.9. The quantitative estimate of drug-likeness (QED) is 0.750. The van der Waals surface area contributed by atoms with E-state index in [9.17, 15) is 0 Å². The van der Waals surface area contributed by atoms with Crippen molar-refractivity contribution in [2.75, 3.05) is 6.61 Å². The van der Waals surface area contributed by atoms with Crippen molar-refractivity contribution in [3.8, 4) is 5.88 Å². The molecule has 1 rings (SSSR count). The zero-order chi connectivity index (χ0) is 11.7. The third kappa shape index (κ3) is 3.94. The zero-order valence-corrected chi connectivity index (χ0v) is 10.7. The molecule has 0 atom stereocenters. The van der Waals surface area contributed by atoms with E-state index in [4.69, 9.17) is 4.74 Å². The lowest BCUT2D eigenvalue weighted by Gasteiger charge is -2.19. The van der Waals surface area contributed by atoms with Gasteiger partial charge in [-0.15, -0.1) is 5.10 Å². The highest BCUT2D eigenvalue weighted by atomic mass is 16.5. The Labute approximate surface area is 92.4 Å². The minimum absolute atomic E-state index is 0.0172. The van der Waals surface area contributed by atoms with Crippen molar-refractivity contribution >= 4 is 0 Å². The van der Waals surface area contributed by atoms with E-state index in [1.165, 1.54) is 0 Å². The van der Waals surface area contributed by atoms with Crippen LogP contribution < -0.4 is 4.74 Å². The van der Waals surface area contributed by atoms with Crippen LogP contribution in [0.4, 0.5) is 0 Å². The molecule has 0 radical (unpaired) electrons. The lowest BCUT2D eigenvalue weighted by atomic mass is 9.99. The molecular formula is C12H22N2O. The van der Waals surface area contributed by atoms with E-state index in [1.54, 1.807) is 0 Å². The molecule has 0 aliphatic rings. The molecule has 0 unspecified atom stereocenters. The second-order valence-corrected chi connectivity index (χ2v) is 6.12. The molecule has 1 heterocycles. The van der Waals surface area contributed by atoms with Crippen LogP contribution in [0.25, 0.3) is 0 Å². The first-order chi connectivity index (χ1) is 6.68. The van der Waals surface area contributed by atoms with Crippen LogP contribution in [0.2, 0.25) is 0 Å². The summed E-state index contributed by atoms with van der Waals surface area (Å²) >= 11 is 0. The molecule has 0 aliphatic heterocycles. The van der Waals surface area contributed by atoms with Crippen LogP contribution in [-0.2, 0) is 5.54 Å². The van der Waals surface area contributed by atoms with Crippen LogP contribution >= 0.6 is 0 Å². The highest BCUT2D eigenvalue weighted by Crippen LogP contribution is 2.19. The molecule has 0 saturated heterocycles. The molecule has 0 fully saturated rings. The molecule has 0 bridgehead atoms. The summed E-state index contributed by atoms with van der Waals surface area (Å²) in [6.45, 7) is 13.5. The Hall–Kier alpha value is -0.990. The molecule has 0 aliphatic carbocycles. The third-order valence-electron chi connectivity index (χ3n) is 1.90. The van der Waals surface area contributed by atoms with Gasteiger partial charge in [-0.2, -0.15) is 0 Å². The molecule has 0 saturated carbocycles. The lowest BCUT2D eigenvalue weighted by Crippen LogP contribution is -2.22. The lowest BCUT2D eigenvalue weighted by molar-refractivity contribution is 0.187. The van der Waals surface area contributed by atoms with Gasteiger partial charge in [0.15, 0.2) is 0 Å². The molecule has 86 valence electrons. The van der Waals surface area contributed by atoms with Gasteiger partial charge in [0, 0.05) is 12.3 Å². The molecule has 3 nitrogen and oxygen atoms in total. The number of ether oxygens (including phenoxy) is 1. The molecule has 15 heavy (non-hydrogen) atoms. The predicted octanol–water partition coefficient (Wildman–Crippen LogP) is 3.06. The largest absolute Gasteiger partial charge is 0.476 e. The smallest absolute Gasteiger partial charge is 0.232 e. The Morgan fingerprint density at radius 1 is 1.20 bits per heavy atom. The summed E-state index contributed by atoms with van der Waals surface area (Å²) in [6, 6.07) is 1.91. The Bertz CT molecular complexity index is 315. The molecule has 0 amide bonds. The fourth-order valence-electron chi connectivity index (χ4n) is 1.05. The van der Waals surface area contributed by atoms with Crippen molar-refractivity contribution in [2.45, 2.75) is 47.1 Å². The molecule has 0 aromatic carbocycles. The van der Waals surface area contributed by atoms with Gasteiger partial charge in [0.2, 0.25) is 5.88 Å². The Balaban J connectivity index is 2.62. The van der Waals surface area contributed by atoms with Gasteiger partial charge in [0.25, 0.3) is 0 Å². The fraction of sp³-hybridized carbons (Fsp3) is 0.750. The van der Waals surface area contributed by atoms with Gasteiger partial charge in [-0.05, 0) is 26.2 Å². The van der Waals surface area contributed by atoms with Crippen LogP contribution in [0.1, 0.15) is 41.5 Å². The summed E-state index contributed by atoms with van der Waals surface area (Å²) < 4.78 is 7.54. The first-order valence-electron chi connectivity index (χ1n) is 5.37. The van der Waals surface area contributed by atoms with Crippen molar-refractivity contribution in [3.63, 3.8) is 0 Å². The topological polar surface area (TPSA) is 27.1 Å². The van der Waals surface area contributed by atoms with Gasteiger partial charge in [-0.3, -0.25) is 4.68 Å². The SMILES string of the molecule is CC(C)(C)COc1ccn(C(C)(C)C)n1. The van der Waals surface area contributed by atoms with Crippen LogP contribution in [-0.4, -0.2) is 16.4 Å². The minimum atomic E-state index is 0.0172. The van der Waals surface area contributed by atoms with E-state index in [-0.39, 0.29) is 11.0 Å². The maximum absolute atomic E-state index is 5.61. The van der Waals surface area contributed by atoms with Gasteiger partial charge in [0.1, 0.15) is 0 Å². The standard InChI is InChI=1S/C12H22N2O/c1-11(2,3)9-15-10-7-8-14(13-10)12(4,5)6/h7-8H,9H2,1-6H3. The first kappa shape index (κ1) is 12.1. The maximum Gasteiger partial charge on any atom is 0.232 e. The average Bonchev–Trinajstić information content (AvgIpc) is 2.45. The molecule has 1 aromatic rings. The van der Waals surface area contributed by atoms with Crippen molar-refractivity contribution in [3.05, 3.63) is 12.3 Å². The summed E-state index contributed by atoms with van der Waals surface area (Å²) in [4.78, 5) is 0. The third-order valence-corrected chi connectivity index (χ3v) is 1.90. The van der Waals surface area contributed by atoms with Crippen LogP contribution in [0.3, 0.4) is 0 Å². The fourth-order valence-corrected chi connectivity index (χ4v) is 1.05. The summed E-state index contributed by atoms with van der Waals surface area (Å²) in [5, 5.41) is 4.38. The first-order valence-corrected chi connectivity index (χ1v) is 5.37. The van der Waals surface area contributed by atoms with E-state index < -0.39 is 0 Å². The summed E-state index contributed by atoms with van der Waals surface area (Å²) in [5.74, 6) is 0.708. The Morgan fingerprint density at radius 2 is 1.80 bits per heavy atom. The monoisotopic (exact) mass is 210 g/mol. The van der Waals surface area contributed by atoms with Crippen molar-refractivity contribution in [2.24, 2.45) is 5.41 Å². The number of aromatic nitrogens is 2. The van der Waals surface area contributed by atoms with Gasteiger partial charge in [0.05, 0.1) is 12.1 Å². The maximum atomic E-state index is 5.61. The zero-order valence-electron chi connectivity index (χ0n) is 10.7. The average molecular weight is 210 g/mol. The number of nitrogens with zero attached hydrogens (tertiary/aromatic N) is 2. The van der Waals surface area contributed by atoms with E-state index >= 15 is 0 Å².